The van der Waals surface area contributed by atoms with E-state index >= 15 is 0 Å². The molecule has 0 saturated heterocycles. The summed E-state index contributed by atoms with van der Waals surface area (Å²) in [6.45, 7) is 0. The van der Waals surface area contributed by atoms with Crippen molar-refractivity contribution in [1.82, 2.24) is 15.2 Å². The Labute approximate surface area is 143 Å². The van der Waals surface area contributed by atoms with Crippen LogP contribution in [0.1, 0.15) is 0 Å². The van der Waals surface area contributed by atoms with E-state index in [0.29, 0.717) is 23.3 Å². The van der Waals surface area contributed by atoms with Gasteiger partial charge in [0.25, 0.3) is 6.01 Å². The average molecular weight is 336 g/mol. The van der Waals surface area contributed by atoms with E-state index in [9.17, 15) is 0 Å². The monoisotopic (exact) mass is 336 g/mol. The maximum atomic E-state index is 5.82. The molecule has 0 bridgehead atoms. The fraction of sp³-hybridized carbons (Fsp3) is 0.111. The smallest absolute Gasteiger partial charge is 0.299 e. The van der Waals surface area contributed by atoms with Crippen molar-refractivity contribution in [2.75, 3.05) is 19.5 Å². The lowest BCUT2D eigenvalue weighted by Gasteiger charge is -2.08. The SMILES string of the molecule is COc1ccc(-c2cnc(Nc3cccc4cn[nH]c34)o2)cc1OC. The van der Waals surface area contributed by atoms with Gasteiger partial charge >= 0.3 is 0 Å². The highest BCUT2D eigenvalue weighted by atomic mass is 16.5. The summed E-state index contributed by atoms with van der Waals surface area (Å²) in [5.41, 5.74) is 2.59. The zero-order chi connectivity index (χ0) is 17.2. The molecule has 2 aromatic heterocycles. The van der Waals surface area contributed by atoms with Gasteiger partial charge in [-0.1, -0.05) is 12.1 Å². The van der Waals surface area contributed by atoms with E-state index in [4.69, 9.17) is 13.9 Å². The Bertz CT molecular complexity index is 1020. The summed E-state index contributed by atoms with van der Waals surface area (Å²) in [5, 5.41) is 11.2. The number of nitrogens with zero attached hydrogens (tertiary/aromatic N) is 2. The van der Waals surface area contributed by atoms with Crippen LogP contribution in [0.3, 0.4) is 0 Å². The van der Waals surface area contributed by atoms with Gasteiger partial charge in [-0.05, 0) is 24.3 Å². The lowest BCUT2D eigenvalue weighted by molar-refractivity contribution is 0.355. The van der Waals surface area contributed by atoms with Crippen LogP contribution < -0.4 is 14.8 Å². The maximum Gasteiger partial charge on any atom is 0.299 e. The van der Waals surface area contributed by atoms with Gasteiger partial charge < -0.3 is 19.2 Å². The predicted octanol–water partition coefficient (Wildman–Crippen LogP) is 3.98. The van der Waals surface area contributed by atoms with E-state index < -0.39 is 0 Å². The van der Waals surface area contributed by atoms with Crippen LogP contribution in [0.25, 0.3) is 22.2 Å². The highest BCUT2D eigenvalue weighted by Crippen LogP contribution is 2.33. The van der Waals surface area contributed by atoms with Crippen LogP contribution in [0.4, 0.5) is 11.7 Å². The molecule has 25 heavy (non-hydrogen) atoms. The molecule has 0 saturated carbocycles. The third-order valence-corrected chi connectivity index (χ3v) is 3.89. The highest BCUT2D eigenvalue weighted by molar-refractivity contribution is 5.91. The molecular formula is C18H16N4O3. The minimum Gasteiger partial charge on any atom is -0.493 e. The van der Waals surface area contributed by atoms with Crippen molar-refractivity contribution in [1.29, 1.82) is 0 Å². The Balaban J connectivity index is 1.63. The van der Waals surface area contributed by atoms with Gasteiger partial charge in [0.05, 0.1) is 37.8 Å². The molecule has 0 amide bonds. The highest BCUT2D eigenvalue weighted by Gasteiger charge is 2.12. The largest absolute Gasteiger partial charge is 0.493 e. The number of ether oxygens (including phenoxy) is 2. The molecule has 0 atom stereocenters. The van der Waals surface area contributed by atoms with Crippen LogP contribution in [-0.4, -0.2) is 29.4 Å². The Hall–Kier alpha value is -3.48. The molecule has 126 valence electrons. The number of H-pyrrole nitrogens is 1. The number of fused-ring (bicyclic) bond motifs is 1. The Kier molecular flexibility index (Phi) is 3.74. The van der Waals surface area contributed by atoms with E-state index in [1.165, 1.54) is 0 Å². The van der Waals surface area contributed by atoms with Crippen molar-refractivity contribution in [2.45, 2.75) is 0 Å². The molecule has 0 aliphatic heterocycles. The van der Waals surface area contributed by atoms with Crippen molar-refractivity contribution in [3.63, 3.8) is 0 Å². The summed E-state index contributed by atoms with van der Waals surface area (Å²) >= 11 is 0. The molecule has 2 heterocycles. The zero-order valence-electron chi connectivity index (χ0n) is 13.7. The maximum absolute atomic E-state index is 5.82. The van der Waals surface area contributed by atoms with Crippen LogP contribution in [0.2, 0.25) is 0 Å². The van der Waals surface area contributed by atoms with Crippen LogP contribution in [-0.2, 0) is 0 Å². The minimum absolute atomic E-state index is 0.395. The fourth-order valence-electron chi connectivity index (χ4n) is 2.64. The molecule has 7 heteroatoms. The van der Waals surface area contributed by atoms with Gasteiger partial charge in [-0.25, -0.2) is 4.98 Å². The number of oxazole rings is 1. The van der Waals surface area contributed by atoms with Gasteiger partial charge in [0, 0.05) is 10.9 Å². The van der Waals surface area contributed by atoms with Gasteiger partial charge in [0.15, 0.2) is 17.3 Å². The number of hydrogen-bond donors (Lipinski definition) is 2. The number of benzene rings is 2. The van der Waals surface area contributed by atoms with Crippen LogP contribution in [0.5, 0.6) is 11.5 Å². The number of methoxy groups -OCH3 is 2. The number of rotatable bonds is 5. The van der Waals surface area contributed by atoms with Crippen LogP contribution in [0, 0.1) is 0 Å². The van der Waals surface area contributed by atoms with E-state index in [0.717, 1.165) is 22.2 Å². The third-order valence-electron chi connectivity index (χ3n) is 3.89. The van der Waals surface area contributed by atoms with Crippen molar-refractivity contribution < 1.29 is 13.9 Å². The second kappa shape index (κ2) is 6.20. The van der Waals surface area contributed by atoms with Crippen molar-refractivity contribution in [3.8, 4) is 22.8 Å². The normalized spacial score (nSPS) is 10.8. The number of para-hydroxylation sites is 1. The molecular weight excluding hydrogens is 320 g/mol. The third kappa shape index (κ3) is 2.76. The first-order chi connectivity index (χ1) is 12.3. The summed E-state index contributed by atoms with van der Waals surface area (Å²) in [4.78, 5) is 4.29. The number of aromatic amines is 1. The number of aromatic nitrogens is 3. The van der Waals surface area contributed by atoms with Gasteiger partial charge in [-0.2, -0.15) is 5.10 Å². The molecule has 2 aromatic carbocycles. The second-order valence-electron chi connectivity index (χ2n) is 5.36. The van der Waals surface area contributed by atoms with Crippen LogP contribution >= 0.6 is 0 Å². The lowest BCUT2D eigenvalue weighted by Crippen LogP contribution is -1.91. The molecule has 0 spiro atoms. The summed E-state index contributed by atoms with van der Waals surface area (Å²) in [6, 6.07) is 11.8. The average Bonchev–Trinajstić information content (AvgIpc) is 3.31. The van der Waals surface area contributed by atoms with Gasteiger partial charge in [-0.15, -0.1) is 0 Å². The van der Waals surface area contributed by atoms with Crippen molar-refractivity contribution in [3.05, 3.63) is 48.8 Å². The molecule has 0 radical (unpaired) electrons. The van der Waals surface area contributed by atoms with Gasteiger partial charge in [0.1, 0.15) is 0 Å². The minimum atomic E-state index is 0.395. The summed E-state index contributed by atoms with van der Waals surface area (Å²) in [7, 11) is 3.20. The lowest BCUT2D eigenvalue weighted by atomic mass is 10.1. The predicted molar refractivity (Wildman–Crippen MR) is 94.4 cm³/mol. The topological polar surface area (TPSA) is 85.2 Å². The van der Waals surface area contributed by atoms with Crippen LogP contribution in [0.15, 0.2) is 53.2 Å². The number of anilines is 2. The fourth-order valence-corrected chi connectivity index (χ4v) is 2.64. The quantitative estimate of drug-likeness (QED) is 0.573. The Morgan fingerprint density at radius 1 is 1.04 bits per heavy atom. The van der Waals surface area contributed by atoms with Gasteiger partial charge in [-0.3, -0.25) is 5.10 Å². The molecule has 4 aromatic rings. The molecule has 2 N–H and O–H groups in total. The zero-order valence-corrected chi connectivity index (χ0v) is 13.7. The first-order valence-electron chi connectivity index (χ1n) is 7.66. The van der Waals surface area contributed by atoms with Crippen molar-refractivity contribution in [2.24, 2.45) is 0 Å². The first-order valence-corrected chi connectivity index (χ1v) is 7.66. The Morgan fingerprint density at radius 3 is 2.76 bits per heavy atom. The van der Waals surface area contributed by atoms with E-state index in [1.54, 1.807) is 26.6 Å². The Morgan fingerprint density at radius 2 is 1.92 bits per heavy atom. The number of nitrogens with one attached hydrogen (secondary N) is 2. The molecule has 0 aliphatic carbocycles. The van der Waals surface area contributed by atoms with E-state index in [-0.39, 0.29) is 0 Å². The molecule has 0 unspecified atom stereocenters. The summed E-state index contributed by atoms with van der Waals surface area (Å²) in [5.74, 6) is 1.92. The second-order valence-corrected chi connectivity index (χ2v) is 5.36. The van der Waals surface area contributed by atoms with E-state index in [1.807, 2.05) is 36.4 Å². The number of hydrogen-bond acceptors (Lipinski definition) is 6. The standard InChI is InChI=1S/C18H16N4O3/c1-23-14-7-6-11(8-15(14)24-2)16-10-19-18(25-16)21-13-5-3-4-12-9-20-22-17(12)13/h3-10H,1-2H3,(H,19,21)(H,20,22). The first kappa shape index (κ1) is 15.1. The molecule has 7 nitrogen and oxygen atoms in total. The molecule has 0 fully saturated rings. The summed E-state index contributed by atoms with van der Waals surface area (Å²) < 4.78 is 16.4. The van der Waals surface area contributed by atoms with E-state index in [2.05, 4.69) is 20.5 Å². The molecule has 0 aliphatic rings. The summed E-state index contributed by atoms with van der Waals surface area (Å²) in [6.07, 6.45) is 3.43. The van der Waals surface area contributed by atoms with Gasteiger partial charge in [0.2, 0.25) is 0 Å². The molecule has 4 rings (SSSR count). The van der Waals surface area contributed by atoms with Crippen molar-refractivity contribution >= 4 is 22.6 Å².